The van der Waals surface area contributed by atoms with E-state index < -0.39 is 18.0 Å². The van der Waals surface area contributed by atoms with E-state index in [1.54, 1.807) is 12.1 Å². The normalized spacial score (nSPS) is 12.7. The molecule has 0 radical (unpaired) electrons. The number of hydrogen-bond donors (Lipinski definition) is 1. The average molecular weight is 332 g/mol. The van der Waals surface area contributed by atoms with Crippen molar-refractivity contribution in [3.63, 3.8) is 0 Å². The van der Waals surface area contributed by atoms with Gasteiger partial charge in [-0.25, -0.2) is 0 Å². The fourth-order valence-electron chi connectivity index (χ4n) is 1.55. The topological polar surface area (TPSA) is 55.4 Å². The Bertz CT molecular complexity index is 538. The molecule has 21 heavy (non-hydrogen) atoms. The minimum atomic E-state index is -0.908. The van der Waals surface area contributed by atoms with E-state index in [-0.39, 0.29) is 11.8 Å². The molecule has 1 aromatic rings. The second kappa shape index (κ2) is 7.14. The molecule has 0 bridgehead atoms. The van der Waals surface area contributed by atoms with Gasteiger partial charge in [-0.2, -0.15) is 0 Å². The van der Waals surface area contributed by atoms with Crippen LogP contribution in [0.4, 0.5) is 5.69 Å². The molecule has 1 N–H and O–H groups in total. The van der Waals surface area contributed by atoms with Crippen molar-refractivity contribution < 1.29 is 14.3 Å². The molecule has 1 aromatic carbocycles. The number of carbonyl (C=O) groups excluding carboxylic acids is 2. The Labute approximate surface area is 134 Å². The Morgan fingerprint density at radius 1 is 1.29 bits per heavy atom. The van der Waals surface area contributed by atoms with Gasteiger partial charge in [-0.3, -0.25) is 9.59 Å². The zero-order valence-corrected chi connectivity index (χ0v) is 14.0. The third-order valence-corrected chi connectivity index (χ3v) is 3.10. The number of ether oxygens (including phenoxy) is 1. The van der Waals surface area contributed by atoms with Crippen molar-refractivity contribution in [3.8, 4) is 0 Å². The van der Waals surface area contributed by atoms with Gasteiger partial charge in [0.25, 0.3) is 5.91 Å². The lowest BCUT2D eigenvalue weighted by Crippen LogP contribution is -2.31. The largest absolute Gasteiger partial charge is 0.453 e. The van der Waals surface area contributed by atoms with Crippen LogP contribution in [0.3, 0.4) is 0 Å². The SMILES string of the molecule is C[C@H](OC(=O)CC(C)(C)C)C(=O)Nc1cc(Cl)ccc1Cl. The quantitative estimate of drug-likeness (QED) is 0.837. The predicted octanol–water partition coefficient (Wildman–Crippen LogP) is 4.30. The maximum Gasteiger partial charge on any atom is 0.307 e. The first-order valence-electron chi connectivity index (χ1n) is 6.54. The van der Waals surface area contributed by atoms with E-state index in [0.29, 0.717) is 15.7 Å². The van der Waals surface area contributed by atoms with Gasteiger partial charge in [0.2, 0.25) is 0 Å². The monoisotopic (exact) mass is 331 g/mol. The van der Waals surface area contributed by atoms with E-state index in [0.717, 1.165) is 0 Å². The molecule has 6 heteroatoms. The van der Waals surface area contributed by atoms with Crippen molar-refractivity contribution in [3.05, 3.63) is 28.2 Å². The molecule has 1 atom stereocenters. The Hall–Kier alpha value is -1.26. The molecule has 1 rings (SSSR count). The van der Waals surface area contributed by atoms with Crippen LogP contribution in [0.25, 0.3) is 0 Å². The van der Waals surface area contributed by atoms with Crippen LogP contribution in [0.5, 0.6) is 0 Å². The maximum absolute atomic E-state index is 12.0. The van der Waals surface area contributed by atoms with Crippen LogP contribution in [0.15, 0.2) is 18.2 Å². The molecule has 0 aliphatic rings. The molecule has 116 valence electrons. The number of anilines is 1. The molecule has 0 saturated heterocycles. The molecule has 4 nitrogen and oxygen atoms in total. The Kier molecular flexibility index (Phi) is 6.05. The Morgan fingerprint density at radius 2 is 1.90 bits per heavy atom. The van der Waals surface area contributed by atoms with Crippen molar-refractivity contribution in [2.75, 3.05) is 5.32 Å². The van der Waals surface area contributed by atoms with Crippen LogP contribution in [0.2, 0.25) is 10.0 Å². The van der Waals surface area contributed by atoms with Gasteiger partial charge in [0.1, 0.15) is 0 Å². The second-order valence-corrected chi connectivity index (χ2v) is 6.83. The predicted molar refractivity (Wildman–Crippen MR) is 84.7 cm³/mol. The van der Waals surface area contributed by atoms with Crippen molar-refractivity contribution in [1.29, 1.82) is 0 Å². The highest BCUT2D eigenvalue weighted by Crippen LogP contribution is 2.25. The lowest BCUT2D eigenvalue weighted by Gasteiger charge is -2.19. The summed E-state index contributed by atoms with van der Waals surface area (Å²) < 4.78 is 5.10. The summed E-state index contributed by atoms with van der Waals surface area (Å²) in [6, 6.07) is 4.73. The number of amides is 1. The molecule has 0 aliphatic heterocycles. The molecular weight excluding hydrogens is 313 g/mol. The van der Waals surface area contributed by atoms with Crippen molar-refractivity contribution in [2.45, 2.75) is 40.2 Å². The lowest BCUT2D eigenvalue weighted by atomic mass is 9.92. The zero-order valence-electron chi connectivity index (χ0n) is 12.5. The van der Waals surface area contributed by atoms with Gasteiger partial charge < -0.3 is 10.1 Å². The number of esters is 1. The van der Waals surface area contributed by atoms with E-state index in [1.807, 2.05) is 20.8 Å². The van der Waals surface area contributed by atoms with Gasteiger partial charge in [0.05, 0.1) is 17.1 Å². The molecule has 0 heterocycles. The van der Waals surface area contributed by atoms with Crippen LogP contribution in [0.1, 0.15) is 34.1 Å². The van der Waals surface area contributed by atoms with Crippen LogP contribution in [0, 0.1) is 5.41 Å². The van der Waals surface area contributed by atoms with Crippen molar-refractivity contribution in [1.82, 2.24) is 0 Å². The summed E-state index contributed by atoms with van der Waals surface area (Å²) in [5.41, 5.74) is 0.191. The highest BCUT2D eigenvalue weighted by Gasteiger charge is 2.22. The summed E-state index contributed by atoms with van der Waals surface area (Å²) in [5.74, 6) is -0.872. The molecule has 1 amide bonds. The van der Waals surface area contributed by atoms with E-state index in [4.69, 9.17) is 27.9 Å². The highest BCUT2D eigenvalue weighted by molar-refractivity contribution is 6.35. The number of nitrogens with one attached hydrogen (secondary N) is 1. The summed E-state index contributed by atoms with van der Waals surface area (Å²) in [5, 5.41) is 3.40. The molecule has 0 saturated carbocycles. The van der Waals surface area contributed by atoms with Crippen molar-refractivity contribution in [2.24, 2.45) is 5.41 Å². The fourth-order valence-corrected chi connectivity index (χ4v) is 1.89. The first kappa shape index (κ1) is 17.8. The highest BCUT2D eigenvalue weighted by atomic mass is 35.5. The summed E-state index contributed by atoms with van der Waals surface area (Å²) >= 11 is 11.8. The van der Waals surface area contributed by atoms with Crippen LogP contribution >= 0.6 is 23.2 Å². The fraction of sp³-hybridized carbons (Fsp3) is 0.467. The van der Waals surface area contributed by atoms with Gasteiger partial charge in [0.15, 0.2) is 6.10 Å². The van der Waals surface area contributed by atoms with Gasteiger partial charge in [-0.1, -0.05) is 44.0 Å². The minimum absolute atomic E-state index is 0.191. The van der Waals surface area contributed by atoms with Crippen LogP contribution < -0.4 is 5.32 Å². The number of benzene rings is 1. The summed E-state index contributed by atoms with van der Waals surface area (Å²) in [6.07, 6.45) is -0.669. The molecule has 0 unspecified atom stereocenters. The third-order valence-electron chi connectivity index (χ3n) is 2.54. The number of hydrogen-bond acceptors (Lipinski definition) is 3. The smallest absolute Gasteiger partial charge is 0.307 e. The average Bonchev–Trinajstić information content (AvgIpc) is 2.31. The van der Waals surface area contributed by atoms with Crippen LogP contribution in [-0.2, 0) is 14.3 Å². The first-order chi connectivity index (χ1) is 9.58. The Balaban J connectivity index is 2.63. The number of halogens is 2. The van der Waals surface area contributed by atoms with Gasteiger partial charge in [-0.05, 0) is 30.5 Å². The summed E-state index contributed by atoms with van der Waals surface area (Å²) in [6.45, 7) is 7.27. The van der Waals surface area contributed by atoms with Crippen molar-refractivity contribution >= 4 is 40.8 Å². The summed E-state index contributed by atoms with van der Waals surface area (Å²) in [4.78, 5) is 23.7. The van der Waals surface area contributed by atoms with Gasteiger partial charge in [0, 0.05) is 5.02 Å². The van der Waals surface area contributed by atoms with Crippen LogP contribution in [-0.4, -0.2) is 18.0 Å². The van der Waals surface area contributed by atoms with E-state index in [9.17, 15) is 9.59 Å². The van der Waals surface area contributed by atoms with Gasteiger partial charge in [-0.15, -0.1) is 0 Å². The minimum Gasteiger partial charge on any atom is -0.453 e. The van der Waals surface area contributed by atoms with E-state index in [1.165, 1.54) is 13.0 Å². The third kappa shape index (κ3) is 6.36. The molecule has 0 fully saturated rings. The van der Waals surface area contributed by atoms with E-state index >= 15 is 0 Å². The summed E-state index contributed by atoms with van der Waals surface area (Å²) in [7, 11) is 0. The molecule has 0 aromatic heterocycles. The zero-order chi connectivity index (χ0) is 16.2. The number of carbonyl (C=O) groups is 2. The maximum atomic E-state index is 12.0. The lowest BCUT2D eigenvalue weighted by molar-refractivity contribution is -0.154. The molecule has 0 spiro atoms. The first-order valence-corrected chi connectivity index (χ1v) is 7.29. The standard InChI is InChI=1S/C15H19Cl2NO3/c1-9(21-13(19)8-15(2,3)4)14(20)18-12-7-10(16)5-6-11(12)17/h5-7,9H,8H2,1-4H3,(H,18,20)/t9-/m0/s1. The Morgan fingerprint density at radius 3 is 2.48 bits per heavy atom. The van der Waals surface area contributed by atoms with E-state index in [2.05, 4.69) is 5.32 Å². The molecule has 0 aliphatic carbocycles. The second-order valence-electron chi connectivity index (χ2n) is 5.98. The number of rotatable bonds is 4. The molecular formula is C15H19Cl2NO3. The van der Waals surface area contributed by atoms with Gasteiger partial charge >= 0.3 is 5.97 Å².